The van der Waals surface area contributed by atoms with Gasteiger partial charge in [0.05, 0.1) is 5.92 Å². The molecule has 3 aromatic carbocycles. The summed E-state index contributed by atoms with van der Waals surface area (Å²) in [5.41, 5.74) is 0.556. The maximum absolute atomic E-state index is 13.7. The number of Topliss-reactive ketones (excluding diaryl/α,β-unsaturated/α-hetero) is 1. The molecule has 0 radical (unpaired) electrons. The molecule has 31 heavy (non-hydrogen) atoms. The third-order valence-corrected chi connectivity index (χ3v) is 6.88. The predicted octanol–water partition coefficient (Wildman–Crippen LogP) is 5.60. The third-order valence-electron chi connectivity index (χ3n) is 6.35. The van der Waals surface area contributed by atoms with Crippen LogP contribution >= 0.6 is 15.9 Å². The highest BCUT2D eigenvalue weighted by Crippen LogP contribution is 2.58. The van der Waals surface area contributed by atoms with Crippen LogP contribution < -0.4 is 0 Å². The lowest BCUT2D eigenvalue weighted by Crippen LogP contribution is -2.50. The van der Waals surface area contributed by atoms with Crippen molar-refractivity contribution in [2.45, 2.75) is 31.5 Å². The summed E-state index contributed by atoms with van der Waals surface area (Å²) in [6.45, 7) is 8.05. The van der Waals surface area contributed by atoms with Crippen LogP contribution in [0.3, 0.4) is 0 Å². The number of ketones is 1. The fourth-order valence-corrected chi connectivity index (χ4v) is 4.88. The minimum absolute atomic E-state index is 0.0906. The molecular weight excluding hydrogens is 452 g/mol. The van der Waals surface area contributed by atoms with Crippen molar-refractivity contribution < 1.29 is 15.0 Å². The molecule has 4 heteroatoms. The summed E-state index contributed by atoms with van der Waals surface area (Å²) >= 11 is 3.39. The van der Waals surface area contributed by atoms with Crippen LogP contribution in [0.1, 0.15) is 39.0 Å². The van der Waals surface area contributed by atoms with Crippen molar-refractivity contribution in [3.05, 3.63) is 117 Å². The normalized spacial score (nSPS) is 25.6. The maximum Gasteiger partial charge on any atom is 0.173 e. The Labute approximate surface area is 191 Å². The second kappa shape index (κ2) is 7.86. The van der Waals surface area contributed by atoms with Gasteiger partial charge in [0.15, 0.2) is 5.78 Å². The number of aryl methyl sites for hydroxylation is 2. The smallest absolute Gasteiger partial charge is 0.173 e. The van der Waals surface area contributed by atoms with E-state index in [-0.39, 0.29) is 12.2 Å². The van der Waals surface area contributed by atoms with Crippen molar-refractivity contribution in [1.82, 2.24) is 0 Å². The highest BCUT2D eigenvalue weighted by atomic mass is 79.9. The van der Waals surface area contributed by atoms with Crippen LogP contribution in [0.5, 0.6) is 0 Å². The molecule has 0 aromatic heterocycles. The molecule has 0 saturated heterocycles. The highest BCUT2D eigenvalue weighted by molar-refractivity contribution is 9.10. The van der Waals surface area contributed by atoms with Crippen molar-refractivity contribution in [3.8, 4) is 0 Å². The van der Waals surface area contributed by atoms with Gasteiger partial charge in [0.2, 0.25) is 0 Å². The molecule has 2 N–H and O–H groups in total. The molecule has 1 saturated carbocycles. The quantitative estimate of drug-likeness (QED) is 0.380. The fourth-order valence-electron chi connectivity index (χ4n) is 4.62. The molecule has 0 amide bonds. The van der Waals surface area contributed by atoms with Gasteiger partial charge < -0.3 is 10.2 Å². The fraction of sp³-hybridized carbons (Fsp3) is 0.222. The lowest BCUT2D eigenvalue weighted by atomic mass is 9.70. The summed E-state index contributed by atoms with van der Waals surface area (Å²) in [5.74, 6) is -1.24. The Hall–Kier alpha value is -2.53. The van der Waals surface area contributed by atoms with Crippen molar-refractivity contribution in [1.29, 1.82) is 0 Å². The van der Waals surface area contributed by atoms with Crippen LogP contribution in [0.15, 0.2) is 89.4 Å². The van der Waals surface area contributed by atoms with Crippen LogP contribution in [0.2, 0.25) is 0 Å². The Morgan fingerprint density at radius 3 is 1.87 bits per heavy atom. The van der Waals surface area contributed by atoms with Crippen LogP contribution in [-0.4, -0.2) is 16.0 Å². The largest absolute Gasteiger partial charge is 0.381 e. The molecule has 3 aromatic rings. The maximum atomic E-state index is 13.7. The van der Waals surface area contributed by atoms with Crippen molar-refractivity contribution in [2.75, 3.05) is 0 Å². The van der Waals surface area contributed by atoms with Gasteiger partial charge in [0.1, 0.15) is 11.2 Å². The number of carbonyl (C=O) groups is 1. The number of aliphatic hydroxyl groups is 2. The number of rotatable bonds is 4. The lowest BCUT2D eigenvalue weighted by Gasteiger charge is -2.41. The summed E-state index contributed by atoms with van der Waals surface area (Å²) in [5, 5.41) is 24.3. The molecule has 3 nitrogen and oxygen atoms in total. The van der Waals surface area contributed by atoms with Gasteiger partial charge in [-0.3, -0.25) is 4.79 Å². The Kier molecular flexibility index (Phi) is 5.50. The second-order valence-electron chi connectivity index (χ2n) is 8.50. The molecular formula is C27H25BrO3. The molecule has 0 bridgehead atoms. The zero-order chi connectivity index (χ0) is 22.4. The van der Waals surface area contributed by atoms with E-state index in [1.165, 1.54) is 0 Å². The summed E-state index contributed by atoms with van der Waals surface area (Å²) in [4.78, 5) is 13.7. The van der Waals surface area contributed by atoms with E-state index in [0.29, 0.717) is 22.3 Å². The van der Waals surface area contributed by atoms with Gasteiger partial charge in [-0.1, -0.05) is 99.9 Å². The second-order valence-corrected chi connectivity index (χ2v) is 9.41. The molecule has 1 aliphatic carbocycles. The van der Waals surface area contributed by atoms with Gasteiger partial charge in [-0.25, -0.2) is 0 Å². The van der Waals surface area contributed by atoms with E-state index in [2.05, 4.69) is 22.5 Å². The SMILES string of the molecule is C=C1C[C@](O)(c2ccc(C)cc2)[C@](O)(c2ccc(C)cc2)C1C(=O)c1ccc(Br)cc1. The average molecular weight is 477 g/mol. The van der Waals surface area contributed by atoms with Crippen LogP contribution in [0.4, 0.5) is 0 Å². The lowest BCUT2D eigenvalue weighted by molar-refractivity contribution is -0.156. The zero-order valence-corrected chi connectivity index (χ0v) is 19.2. The van der Waals surface area contributed by atoms with E-state index < -0.39 is 17.1 Å². The predicted molar refractivity (Wildman–Crippen MR) is 126 cm³/mol. The molecule has 0 aliphatic heterocycles. The van der Waals surface area contributed by atoms with E-state index >= 15 is 0 Å². The molecule has 158 valence electrons. The van der Waals surface area contributed by atoms with Gasteiger partial charge in [0, 0.05) is 16.5 Å². The summed E-state index contributed by atoms with van der Waals surface area (Å²) in [6, 6.07) is 21.8. The van der Waals surface area contributed by atoms with E-state index in [1.807, 2.05) is 50.2 Å². The zero-order valence-electron chi connectivity index (χ0n) is 17.6. The minimum Gasteiger partial charge on any atom is -0.381 e. The Morgan fingerprint density at radius 2 is 1.35 bits per heavy atom. The first-order valence-electron chi connectivity index (χ1n) is 10.2. The Bertz CT molecular complexity index is 1130. The van der Waals surface area contributed by atoms with Gasteiger partial charge in [-0.2, -0.15) is 0 Å². The summed E-state index contributed by atoms with van der Waals surface area (Å²) in [7, 11) is 0. The first kappa shape index (κ1) is 21.7. The number of hydrogen-bond donors (Lipinski definition) is 2. The van der Waals surface area contributed by atoms with Gasteiger partial charge in [-0.15, -0.1) is 0 Å². The summed E-state index contributed by atoms with van der Waals surface area (Å²) < 4.78 is 0.860. The summed E-state index contributed by atoms with van der Waals surface area (Å²) in [6.07, 6.45) is 0.0906. The van der Waals surface area contributed by atoms with Crippen LogP contribution in [0, 0.1) is 19.8 Å². The van der Waals surface area contributed by atoms with Gasteiger partial charge >= 0.3 is 0 Å². The molecule has 1 fully saturated rings. The topological polar surface area (TPSA) is 57.5 Å². The van der Waals surface area contributed by atoms with Gasteiger partial charge in [-0.05, 0) is 37.1 Å². The number of benzene rings is 3. The molecule has 3 atom stereocenters. The first-order valence-corrected chi connectivity index (χ1v) is 11.0. The molecule has 1 aliphatic rings. The Morgan fingerprint density at radius 1 is 0.871 bits per heavy atom. The van der Waals surface area contributed by atoms with E-state index in [1.54, 1.807) is 36.4 Å². The molecule has 1 unspecified atom stereocenters. The molecule has 0 spiro atoms. The van der Waals surface area contributed by atoms with Crippen molar-refractivity contribution in [3.63, 3.8) is 0 Å². The van der Waals surface area contributed by atoms with Crippen molar-refractivity contribution in [2.24, 2.45) is 5.92 Å². The van der Waals surface area contributed by atoms with Crippen LogP contribution in [-0.2, 0) is 11.2 Å². The monoisotopic (exact) mass is 476 g/mol. The number of carbonyl (C=O) groups excluding carboxylic acids is 1. The molecule has 0 heterocycles. The standard InChI is InChI=1S/C27H25BrO3/c1-17-4-10-21(11-5-17)26(30)16-19(3)24(25(29)20-8-14-23(28)15-9-20)27(26,31)22-12-6-18(2)7-13-22/h4-15,24,30-31H,3,16H2,1-2H3/t24?,26-,27-/m0/s1. The highest BCUT2D eigenvalue weighted by Gasteiger charge is 2.64. The Balaban J connectivity index is 1.92. The molecule has 4 rings (SSSR count). The number of hydrogen-bond acceptors (Lipinski definition) is 3. The van der Waals surface area contributed by atoms with E-state index in [4.69, 9.17) is 0 Å². The van der Waals surface area contributed by atoms with Crippen LogP contribution in [0.25, 0.3) is 0 Å². The van der Waals surface area contributed by atoms with Gasteiger partial charge in [0.25, 0.3) is 0 Å². The third kappa shape index (κ3) is 3.49. The minimum atomic E-state index is -1.86. The van der Waals surface area contributed by atoms with E-state index in [9.17, 15) is 15.0 Å². The first-order chi connectivity index (χ1) is 14.7. The van der Waals surface area contributed by atoms with E-state index in [0.717, 1.165) is 15.6 Å². The number of halogens is 1. The van der Waals surface area contributed by atoms with Crippen molar-refractivity contribution >= 4 is 21.7 Å². The average Bonchev–Trinajstić information content (AvgIpc) is 2.95.